The number of ether oxygens (including phenoxy) is 1. The van der Waals surface area contributed by atoms with E-state index in [4.69, 9.17) is 4.74 Å². The van der Waals surface area contributed by atoms with Gasteiger partial charge < -0.3 is 9.64 Å². The number of rotatable bonds is 1. The van der Waals surface area contributed by atoms with Crippen LogP contribution in [0.5, 0.6) is 5.75 Å². The average molecular weight is 371 g/mol. The summed E-state index contributed by atoms with van der Waals surface area (Å²) < 4.78 is 6.67. The van der Waals surface area contributed by atoms with Gasteiger partial charge in [-0.1, -0.05) is 12.1 Å². The van der Waals surface area contributed by atoms with E-state index in [1.165, 1.54) is 0 Å². The third kappa shape index (κ3) is 2.12. The van der Waals surface area contributed by atoms with Gasteiger partial charge in [0.2, 0.25) is 0 Å². The molecular formula is C13H10INO2S. The van der Waals surface area contributed by atoms with Crippen LogP contribution in [0.1, 0.15) is 10.4 Å². The Kier molecular flexibility index (Phi) is 3.25. The van der Waals surface area contributed by atoms with Gasteiger partial charge in [-0.25, -0.2) is 0 Å². The van der Waals surface area contributed by atoms with E-state index in [9.17, 15) is 4.79 Å². The van der Waals surface area contributed by atoms with Crippen molar-refractivity contribution in [3.05, 3.63) is 44.2 Å². The normalized spacial score (nSPS) is 13.9. The molecule has 3 rings (SSSR count). The molecule has 0 aliphatic carbocycles. The van der Waals surface area contributed by atoms with Crippen LogP contribution in [-0.2, 0) is 0 Å². The Balaban J connectivity index is 1.96. The van der Waals surface area contributed by atoms with Crippen molar-refractivity contribution in [3.8, 4) is 5.75 Å². The summed E-state index contributed by atoms with van der Waals surface area (Å²) in [5.74, 6) is 0.826. The quantitative estimate of drug-likeness (QED) is 0.720. The minimum absolute atomic E-state index is 0.0462. The minimum Gasteiger partial charge on any atom is -0.490 e. The number of thiophene rings is 1. The maximum atomic E-state index is 12.4. The number of anilines is 1. The molecule has 0 radical (unpaired) electrons. The number of para-hydroxylation sites is 2. The van der Waals surface area contributed by atoms with E-state index < -0.39 is 0 Å². The average Bonchev–Trinajstić information content (AvgIpc) is 2.84. The molecule has 0 unspecified atom stereocenters. The number of benzene rings is 1. The SMILES string of the molecule is O=C(c1csc(I)c1)N1CCOc2ccccc21. The summed E-state index contributed by atoms with van der Waals surface area (Å²) in [4.78, 5) is 14.2. The standard InChI is InChI=1S/C13H10INO2S/c14-12-7-9(8-18-12)13(16)15-5-6-17-11-4-2-1-3-10(11)15/h1-4,7-8H,5-6H2. The second-order valence-corrected chi connectivity index (χ2v) is 6.72. The van der Waals surface area contributed by atoms with Crippen molar-refractivity contribution in [2.75, 3.05) is 18.1 Å². The van der Waals surface area contributed by atoms with Crippen molar-refractivity contribution >= 4 is 45.5 Å². The lowest BCUT2D eigenvalue weighted by molar-refractivity contribution is 0.0977. The Bertz CT molecular complexity index is 596. The van der Waals surface area contributed by atoms with E-state index in [1.54, 1.807) is 16.2 Å². The molecule has 2 heterocycles. The van der Waals surface area contributed by atoms with Gasteiger partial charge in [-0.05, 0) is 40.8 Å². The molecule has 3 nitrogen and oxygen atoms in total. The van der Waals surface area contributed by atoms with Gasteiger partial charge in [0, 0.05) is 5.38 Å². The lowest BCUT2D eigenvalue weighted by Gasteiger charge is -2.29. The molecule has 0 spiro atoms. The van der Waals surface area contributed by atoms with Gasteiger partial charge in [-0.15, -0.1) is 11.3 Å². The minimum atomic E-state index is 0.0462. The molecule has 1 aromatic carbocycles. The number of fused-ring (bicyclic) bond motifs is 1. The second kappa shape index (κ2) is 4.89. The number of amides is 1. The molecule has 0 saturated heterocycles. The Morgan fingerprint density at radius 1 is 1.39 bits per heavy atom. The molecule has 0 saturated carbocycles. The highest BCUT2D eigenvalue weighted by Crippen LogP contribution is 2.32. The van der Waals surface area contributed by atoms with Gasteiger partial charge in [0.05, 0.1) is 20.7 Å². The van der Waals surface area contributed by atoms with E-state index in [1.807, 2.05) is 35.7 Å². The third-order valence-corrected chi connectivity index (χ3v) is 4.58. The molecular weight excluding hydrogens is 361 g/mol. The topological polar surface area (TPSA) is 29.5 Å². The number of nitrogens with zero attached hydrogens (tertiary/aromatic N) is 1. The fraction of sp³-hybridized carbons (Fsp3) is 0.154. The van der Waals surface area contributed by atoms with Crippen LogP contribution in [0.2, 0.25) is 0 Å². The molecule has 0 atom stereocenters. The molecule has 2 aromatic rings. The lowest BCUT2D eigenvalue weighted by atomic mass is 10.2. The van der Waals surface area contributed by atoms with E-state index in [0.717, 1.165) is 19.9 Å². The summed E-state index contributed by atoms with van der Waals surface area (Å²) in [7, 11) is 0. The smallest absolute Gasteiger partial charge is 0.259 e. The summed E-state index contributed by atoms with van der Waals surface area (Å²) in [6.45, 7) is 1.15. The Morgan fingerprint density at radius 2 is 2.22 bits per heavy atom. The van der Waals surface area contributed by atoms with Crippen molar-refractivity contribution in [2.45, 2.75) is 0 Å². The fourth-order valence-electron chi connectivity index (χ4n) is 1.96. The number of carbonyl (C=O) groups is 1. The number of carbonyl (C=O) groups excluding carboxylic acids is 1. The summed E-state index contributed by atoms with van der Waals surface area (Å²) >= 11 is 3.81. The number of hydrogen-bond donors (Lipinski definition) is 0. The van der Waals surface area contributed by atoms with Crippen LogP contribution < -0.4 is 9.64 Å². The predicted octanol–water partition coefficient (Wildman–Crippen LogP) is 3.39. The summed E-state index contributed by atoms with van der Waals surface area (Å²) in [6, 6.07) is 9.58. The van der Waals surface area contributed by atoms with Crippen LogP contribution in [0.3, 0.4) is 0 Å². The van der Waals surface area contributed by atoms with Gasteiger partial charge >= 0.3 is 0 Å². The molecule has 92 valence electrons. The van der Waals surface area contributed by atoms with Gasteiger partial charge in [-0.2, -0.15) is 0 Å². The van der Waals surface area contributed by atoms with Crippen molar-refractivity contribution in [3.63, 3.8) is 0 Å². The van der Waals surface area contributed by atoms with Crippen molar-refractivity contribution in [2.24, 2.45) is 0 Å². The van der Waals surface area contributed by atoms with Gasteiger partial charge in [-0.3, -0.25) is 4.79 Å². The maximum absolute atomic E-state index is 12.4. The van der Waals surface area contributed by atoms with Crippen LogP contribution >= 0.6 is 33.9 Å². The van der Waals surface area contributed by atoms with Gasteiger partial charge in [0.15, 0.2) is 0 Å². The van der Waals surface area contributed by atoms with Crippen LogP contribution in [-0.4, -0.2) is 19.1 Å². The molecule has 1 aromatic heterocycles. The zero-order chi connectivity index (χ0) is 12.5. The Morgan fingerprint density at radius 3 is 3.00 bits per heavy atom. The monoisotopic (exact) mass is 371 g/mol. The zero-order valence-electron chi connectivity index (χ0n) is 9.43. The van der Waals surface area contributed by atoms with Crippen molar-refractivity contribution in [1.82, 2.24) is 0 Å². The number of hydrogen-bond acceptors (Lipinski definition) is 3. The Hall–Kier alpha value is -1.08. The highest BCUT2D eigenvalue weighted by Gasteiger charge is 2.24. The largest absolute Gasteiger partial charge is 0.490 e. The summed E-state index contributed by atoms with van der Waals surface area (Å²) in [5, 5.41) is 1.90. The van der Waals surface area contributed by atoms with Crippen LogP contribution in [0, 0.1) is 2.88 Å². The van der Waals surface area contributed by atoms with Crippen LogP contribution in [0.4, 0.5) is 5.69 Å². The van der Waals surface area contributed by atoms with E-state index >= 15 is 0 Å². The second-order valence-electron chi connectivity index (χ2n) is 3.91. The highest BCUT2D eigenvalue weighted by molar-refractivity contribution is 14.1. The fourth-order valence-corrected chi connectivity index (χ4v) is 3.28. The van der Waals surface area contributed by atoms with Gasteiger partial charge in [0.1, 0.15) is 12.4 Å². The van der Waals surface area contributed by atoms with Crippen LogP contribution in [0.15, 0.2) is 35.7 Å². The van der Waals surface area contributed by atoms with E-state index in [-0.39, 0.29) is 5.91 Å². The first-order valence-electron chi connectivity index (χ1n) is 5.53. The van der Waals surface area contributed by atoms with Crippen molar-refractivity contribution < 1.29 is 9.53 Å². The van der Waals surface area contributed by atoms with Gasteiger partial charge in [0.25, 0.3) is 5.91 Å². The highest BCUT2D eigenvalue weighted by atomic mass is 127. The maximum Gasteiger partial charge on any atom is 0.259 e. The molecule has 1 aliphatic heterocycles. The number of halogens is 1. The van der Waals surface area contributed by atoms with Crippen LogP contribution in [0.25, 0.3) is 0 Å². The first-order chi connectivity index (χ1) is 8.75. The van der Waals surface area contributed by atoms with E-state index in [2.05, 4.69) is 22.6 Å². The molecule has 0 N–H and O–H groups in total. The molecule has 0 bridgehead atoms. The summed E-state index contributed by atoms with van der Waals surface area (Å²) in [5.41, 5.74) is 1.61. The molecule has 1 amide bonds. The predicted molar refractivity (Wildman–Crippen MR) is 80.6 cm³/mol. The lowest BCUT2D eigenvalue weighted by Crippen LogP contribution is -2.37. The molecule has 0 fully saturated rings. The molecule has 5 heteroatoms. The molecule has 1 aliphatic rings. The first-order valence-corrected chi connectivity index (χ1v) is 7.49. The van der Waals surface area contributed by atoms with Crippen molar-refractivity contribution in [1.29, 1.82) is 0 Å². The summed E-state index contributed by atoms with van der Waals surface area (Å²) in [6.07, 6.45) is 0. The zero-order valence-corrected chi connectivity index (χ0v) is 12.4. The Labute approximate surface area is 123 Å². The molecule has 18 heavy (non-hydrogen) atoms. The first kappa shape index (κ1) is 12.0. The third-order valence-electron chi connectivity index (χ3n) is 2.79. The van der Waals surface area contributed by atoms with E-state index in [0.29, 0.717) is 13.2 Å².